The Morgan fingerprint density at radius 1 is 1.16 bits per heavy atom. The molecule has 25 heavy (non-hydrogen) atoms. The fourth-order valence-corrected chi connectivity index (χ4v) is 2.31. The summed E-state index contributed by atoms with van der Waals surface area (Å²) in [5.41, 5.74) is 4.46. The molecule has 5 nitrogen and oxygen atoms in total. The average molecular weight is 344 g/mol. The van der Waals surface area contributed by atoms with Crippen LogP contribution < -0.4 is 5.73 Å². The highest BCUT2D eigenvalue weighted by atomic mass is 19.4. The summed E-state index contributed by atoms with van der Waals surface area (Å²) in [5, 5.41) is 18.7. The van der Waals surface area contributed by atoms with E-state index in [0.717, 1.165) is 24.3 Å². The van der Waals surface area contributed by atoms with Gasteiger partial charge < -0.3 is 5.73 Å². The second-order valence-electron chi connectivity index (χ2n) is 5.05. The largest absolute Gasteiger partial charge is 0.416 e. The molecule has 8 heteroatoms. The zero-order valence-electron chi connectivity index (χ0n) is 13.0. The molecule has 0 bridgehead atoms. The van der Waals surface area contributed by atoms with Crippen LogP contribution in [0.5, 0.6) is 0 Å². The van der Waals surface area contributed by atoms with Gasteiger partial charge in [-0.2, -0.15) is 23.7 Å². The molecule has 0 aliphatic carbocycles. The molecule has 0 spiro atoms. The lowest BCUT2D eigenvalue weighted by atomic mass is 9.92. The lowest BCUT2D eigenvalue weighted by molar-refractivity contribution is -0.137. The number of halogens is 3. The van der Waals surface area contributed by atoms with Crippen LogP contribution >= 0.6 is 0 Å². The number of aromatic nitrogens is 1. The summed E-state index contributed by atoms with van der Waals surface area (Å²) in [7, 11) is 0. The van der Waals surface area contributed by atoms with E-state index in [-0.39, 0.29) is 40.2 Å². The molecule has 2 aromatic rings. The molecule has 1 heterocycles. The number of nitrogens with zero attached hydrogens (tertiary/aromatic N) is 3. The molecule has 0 atom stereocenters. The standard InChI is InChI=1S/C17H11F3N4O/c1-2-13(25)15-11(7-21)14(12(8-22)16(23)24-15)9-3-5-10(6-4-9)17(18,19)20/h3-6H,2H2,1H3,(H2,23,24). The number of pyridine rings is 1. The Hall–Kier alpha value is -3.39. The fraction of sp³-hybridized carbons (Fsp3) is 0.176. The van der Waals surface area contributed by atoms with Gasteiger partial charge in [-0.25, -0.2) is 4.98 Å². The Morgan fingerprint density at radius 2 is 1.72 bits per heavy atom. The van der Waals surface area contributed by atoms with Gasteiger partial charge in [-0.05, 0) is 17.7 Å². The molecular weight excluding hydrogens is 333 g/mol. The van der Waals surface area contributed by atoms with Crippen molar-refractivity contribution in [3.63, 3.8) is 0 Å². The van der Waals surface area contributed by atoms with Crippen molar-refractivity contribution in [2.45, 2.75) is 19.5 Å². The van der Waals surface area contributed by atoms with Crippen molar-refractivity contribution in [1.29, 1.82) is 10.5 Å². The molecule has 0 fully saturated rings. The Bertz CT molecular complexity index is 919. The van der Waals surface area contributed by atoms with Crippen LogP contribution in [-0.2, 0) is 6.18 Å². The van der Waals surface area contributed by atoms with Crippen LogP contribution in [0.4, 0.5) is 19.0 Å². The van der Waals surface area contributed by atoms with Crippen LogP contribution in [0.1, 0.15) is 40.5 Å². The van der Waals surface area contributed by atoms with Gasteiger partial charge in [-0.3, -0.25) is 4.79 Å². The zero-order valence-corrected chi connectivity index (χ0v) is 13.0. The van der Waals surface area contributed by atoms with Crippen molar-refractivity contribution < 1.29 is 18.0 Å². The topological polar surface area (TPSA) is 104 Å². The molecule has 2 N–H and O–H groups in total. The number of nitrogen functional groups attached to an aromatic ring is 1. The van der Waals surface area contributed by atoms with Crippen molar-refractivity contribution in [3.8, 4) is 23.3 Å². The monoisotopic (exact) mass is 344 g/mol. The quantitative estimate of drug-likeness (QED) is 0.855. The first-order valence-corrected chi connectivity index (χ1v) is 7.09. The number of alkyl halides is 3. The van der Waals surface area contributed by atoms with Crippen LogP contribution in [0.25, 0.3) is 11.1 Å². The summed E-state index contributed by atoms with van der Waals surface area (Å²) in [6.07, 6.45) is -4.46. The third-order valence-corrected chi connectivity index (χ3v) is 3.53. The van der Waals surface area contributed by atoms with E-state index < -0.39 is 17.5 Å². The number of hydrogen-bond donors (Lipinski definition) is 1. The number of ketones is 1. The van der Waals surface area contributed by atoms with E-state index in [9.17, 15) is 28.5 Å². The van der Waals surface area contributed by atoms with Crippen LogP contribution in [0.15, 0.2) is 24.3 Å². The minimum absolute atomic E-state index is 0.00280. The summed E-state index contributed by atoms with van der Waals surface area (Å²) in [6.45, 7) is 1.57. The van der Waals surface area contributed by atoms with Crippen molar-refractivity contribution >= 4 is 11.6 Å². The molecule has 1 aromatic heterocycles. The molecule has 0 radical (unpaired) electrons. The Balaban J connectivity index is 2.80. The first kappa shape index (κ1) is 18.0. The maximum absolute atomic E-state index is 12.7. The minimum atomic E-state index is -4.52. The SMILES string of the molecule is CCC(=O)c1nc(N)c(C#N)c(-c2ccc(C(F)(F)F)cc2)c1C#N. The van der Waals surface area contributed by atoms with E-state index in [2.05, 4.69) is 4.98 Å². The summed E-state index contributed by atoms with van der Waals surface area (Å²) >= 11 is 0. The van der Waals surface area contributed by atoms with Gasteiger partial charge >= 0.3 is 6.18 Å². The summed E-state index contributed by atoms with van der Waals surface area (Å²) in [4.78, 5) is 15.8. The molecule has 0 unspecified atom stereocenters. The van der Waals surface area contributed by atoms with Crippen molar-refractivity contribution in [2.75, 3.05) is 5.73 Å². The normalized spacial score (nSPS) is 10.8. The highest BCUT2D eigenvalue weighted by Crippen LogP contribution is 2.35. The minimum Gasteiger partial charge on any atom is -0.383 e. The number of rotatable bonds is 3. The summed E-state index contributed by atoms with van der Waals surface area (Å²) < 4.78 is 38.1. The van der Waals surface area contributed by atoms with Gasteiger partial charge in [0, 0.05) is 12.0 Å². The third-order valence-electron chi connectivity index (χ3n) is 3.53. The lowest BCUT2D eigenvalue weighted by Crippen LogP contribution is -2.11. The van der Waals surface area contributed by atoms with Gasteiger partial charge in [0.25, 0.3) is 0 Å². The van der Waals surface area contributed by atoms with E-state index in [1.807, 2.05) is 6.07 Å². The van der Waals surface area contributed by atoms with Crippen LogP contribution in [0.3, 0.4) is 0 Å². The number of carbonyl (C=O) groups is 1. The van der Waals surface area contributed by atoms with Crippen LogP contribution in [0, 0.1) is 22.7 Å². The van der Waals surface area contributed by atoms with Crippen molar-refractivity contribution in [2.24, 2.45) is 0 Å². The van der Waals surface area contributed by atoms with E-state index in [1.54, 1.807) is 13.0 Å². The first-order valence-electron chi connectivity index (χ1n) is 7.09. The maximum atomic E-state index is 12.7. The second-order valence-corrected chi connectivity index (χ2v) is 5.05. The molecule has 126 valence electrons. The lowest BCUT2D eigenvalue weighted by Gasteiger charge is -2.13. The number of nitrogens with two attached hydrogens (primary N) is 1. The fourth-order valence-electron chi connectivity index (χ4n) is 2.31. The molecule has 0 aliphatic rings. The van der Waals surface area contributed by atoms with Gasteiger partial charge in [0.15, 0.2) is 5.78 Å². The molecular formula is C17H11F3N4O. The highest BCUT2D eigenvalue weighted by molar-refractivity contribution is 6.00. The molecule has 0 saturated carbocycles. The predicted octanol–water partition coefficient (Wildman–Crippen LogP) is 3.69. The van der Waals surface area contributed by atoms with Crippen LogP contribution in [-0.4, -0.2) is 10.8 Å². The molecule has 0 saturated heterocycles. The van der Waals surface area contributed by atoms with E-state index in [4.69, 9.17) is 5.73 Å². The van der Waals surface area contributed by atoms with Gasteiger partial charge in [-0.1, -0.05) is 19.1 Å². The molecule has 2 rings (SSSR count). The Kier molecular flexibility index (Phi) is 4.75. The first-order chi connectivity index (χ1) is 11.7. The molecule has 0 aliphatic heterocycles. The number of Topliss-reactive ketones (excluding diaryl/α,β-unsaturated/α-hetero) is 1. The smallest absolute Gasteiger partial charge is 0.383 e. The van der Waals surface area contributed by atoms with E-state index >= 15 is 0 Å². The number of carbonyl (C=O) groups excluding carboxylic acids is 1. The maximum Gasteiger partial charge on any atom is 0.416 e. The van der Waals surface area contributed by atoms with Gasteiger partial charge in [-0.15, -0.1) is 0 Å². The molecule has 0 amide bonds. The number of anilines is 1. The number of nitriles is 2. The predicted molar refractivity (Wildman–Crippen MR) is 83.1 cm³/mol. The van der Waals surface area contributed by atoms with Crippen LogP contribution in [0.2, 0.25) is 0 Å². The average Bonchev–Trinajstić information content (AvgIpc) is 2.59. The van der Waals surface area contributed by atoms with Crippen molar-refractivity contribution in [1.82, 2.24) is 4.98 Å². The summed E-state index contributed by atoms with van der Waals surface area (Å²) in [6, 6.07) is 7.51. The Labute approximate surface area is 141 Å². The number of hydrogen-bond acceptors (Lipinski definition) is 5. The summed E-state index contributed by atoms with van der Waals surface area (Å²) in [5.74, 6) is -0.714. The zero-order chi connectivity index (χ0) is 18.8. The van der Waals surface area contributed by atoms with Gasteiger partial charge in [0.05, 0.1) is 11.1 Å². The highest BCUT2D eigenvalue weighted by Gasteiger charge is 2.30. The van der Waals surface area contributed by atoms with Gasteiger partial charge in [0.2, 0.25) is 0 Å². The molecule has 1 aromatic carbocycles. The van der Waals surface area contributed by atoms with E-state index in [0.29, 0.717) is 0 Å². The Morgan fingerprint density at radius 3 is 2.16 bits per heavy atom. The van der Waals surface area contributed by atoms with E-state index in [1.165, 1.54) is 0 Å². The third kappa shape index (κ3) is 3.29. The second kappa shape index (κ2) is 6.62. The van der Waals surface area contributed by atoms with Crippen molar-refractivity contribution in [3.05, 3.63) is 46.6 Å². The number of benzene rings is 1. The van der Waals surface area contributed by atoms with Gasteiger partial charge in [0.1, 0.15) is 29.2 Å².